The molecule has 3 heterocycles. The fourth-order valence-electron chi connectivity index (χ4n) is 11.4. The highest BCUT2D eigenvalue weighted by Gasteiger charge is 2.55. The average Bonchev–Trinajstić information content (AvgIpc) is 3.26. The lowest BCUT2D eigenvalue weighted by Crippen LogP contribution is -2.63. The lowest BCUT2D eigenvalue weighted by atomic mass is 9.73. The van der Waals surface area contributed by atoms with Crippen molar-refractivity contribution in [1.29, 1.82) is 0 Å². The highest BCUT2D eigenvalue weighted by Crippen LogP contribution is 2.44. The topological polar surface area (TPSA) is 175 Å². The summed E-state index contributed by atoms with van der Waals surface area (Å²) in [5.41, 5.74) is -3.37. The van der Waals surface area contributed by atoms with Crippen LogP contribution in [0, 0.1) is 23.7 Å². The van der Waals surface area contributed by atoms with Crippen molar-refractivity contribution in [2.24, 2.45) is 28.8 Å². The minimum absolute atomic E-state index is 0.0342. The number of carbonyl (C=O) groups excluding carboxylic acids is 1. The third kappa shape index (κ3) is 14.8. The molecule has 18 atom stereocenters. The average molecular weight is 1020 g/mol. The monoisotopic (exact) mass is 1020 g/mol. The summed E-state index contributed by atoms with van der Waals surface area (Å²) in [4.78, 5) is 23.5. The van der Waals surface area contributed by atoms with Gasteiger partial charge in [0.05, 0.1) is 59.5 Å². The molecule has 0 bridgehead atoms. The third-order valence-electron chi connectivity index (χ3n) is 15.5. The van der Waals surface area contributed by atoms with Crippen LogP contribution in [0.4, 0.5) is 0 Å². The molecule has 4 fully saturated rings. The molecule has 0 amide bonds. The van der Waals surface area contributed by atoms with E-state index in [1.807, 2.05) is 48.5 Å². The molecule has 404 valence electrons. The highest BCUT2D eigenvalue weighted by molar-refractivity contribution is 6.70. The van der Waals surface area contributed by atoms with Crippen molar-refractivity contribution in [2.45, 2.75) is 256 Å². The van der Waals surface area contributed by atoms with Gasteiger partial charge in [-0.2, -0.15) is 0 Å². The van der Waals surface area contributed by atoms with Gasteiger partial charge in [-0.3, -0.25) is 4.79 Å². The van der Waals surface area contributed by atoms with Crippen LogP contribution < -0.4 is 0 Å². The largest absolute Gasteiger partial charge is 0.459 e. The van der Waals surface area contributed by atoms with Gasteiger partial charge in [0.25, 0.3) is 0 Å². The lowest BCUT2D eigenvalue weighted by molar-refractivity contribution is -0.316. The predicted octanol–water partition coefficient (Wildman–Crippen LogP) is 8.27. The third-order valence-corrected chi connectivity index (χ3v) is 17.5. The molecule has 1 saturated carbocycles. The summed E-state index contributed by atoms with van der Waals surface area (Å²) < 4.78 is 67.3. The molecule has 2 N–H and O–H groups in total. The Kier molecular flexibility index (Phi) is 21.1. The zero-order valence-corrected chi connectivity index (χ0v) is 48.7. The van der Waals surface area contributed by atoms with Crippen LogP contribution in [0.2, 0.25) is 39.3 Å². The first-order valence-corrected chi connectivity index (χ1v) is 32.8. The number of aliphatic hydroxyl groups excluding tert-OH is 1. The fraction of sp³-hybridized carbons (Fsp3) is 0.961. The number of methoxy groups -OCH3 is 3. The highest BCUT2D eigenvalue weighted by atomic mass is 28.4. The maximum atomic E-state index is 14.9. The number of nitrogens with zero attached hydrogens (tertiary/aromatic N) is 2. The van der Waals surface area contributed by atoms with Crippen molar-refractivity contribution >= 4 is 28.3 Å². The molecule has 16 nitrogen and oxygen atoms in total. The Labute approximate surface area is 419 Å². The number of oxime groups is 1. The minimum Gasteiger partial charge on any atom is -0.459 e. The van der Waals surface area contributed by atoms with E-state index in [4.69, 9.17) is 56.7 Å². The quantitative estimate of drug-likeness (QED) is 0.0694. The zero-order valence-electron chi connectivity index (χ0n) is 46.7. The van der Waals surface area contributed by atoms with Crippen LogP contribution >= 0.6 is 0 Å². The summed E-state index contributed by atoms with van der Waals surface area (Å²) in [7, 11) is 4.84. The second-order valence-electron chi connectivity index (χ2n) is 23.9. The molecule has 69 heavy (non-hydrogen) atoms. The number of hydrogen-bond donors (Lipinski definition) is 2. The fourth-order valence-corrected chi connectivity index (χ4v) is 13.7. The standard InChI is InChI=1S/C51H98N2O14Si2/c1-22-38-50(10,56)43(54)33(4)40(52-67-51(59-15)26-24-23-25-27-51)31(2)29-48(8,57-13)44(64-47-42(65-68(16,17)18)37(53(11)12)28-32(3)60-47)34(5)41(35(6)46(55)62-38)63-39-30-49(9,58-14)45(36(7)61-39)66-69(19,20)21/h31-39,41-45,47,54,56H,22-30H2,1-21H3/b52-40-/t31-,32-,33-,34+,35-,36+,37+,38+,39+,41-,42-,43-,44-,45+,47+,48+,49-,50-/m1/s1. The first kappa shape index (κ1) is 60.4. The van der Waals surface area contributed by atoms with Gasteiger partial charge < -0.3 is 66.7 Å². The Morgan fingerprint density at radius 1 is 0.768 bits per heavy atom. The number of esters is 1. The van der Waals surface area contributed by atoms with Crippen LogP contribution in [0.3, 0.4) is 0 Å². The molecular weight excluding hydrogens is 921 g/mol. The first-order valence-electron chi connectivity index (χ1n) is 26.0. The maximum Gasteiger partial charge on any atom is 0.311 e. The number of ether oxygens (including phenoxy) is 8. The van der Waals surface area contributed by atoms with E-state index in [1.165, 1.54) is 6.92 Å². The summed E-state index contributed by atoms with van der Waals surface area (Å²) in [6.07, 6.45) is -1.66. The summed E-state index contributed by atoms with van der Waals surface area (Å²) in [6.45, 7) is 31.9. The summed E-state index contributed by atoms with van der Waals surface area (Å²) >= 11 is 0. The van der Waals surface area contributed by atoms with Crippen LogP contribution in [0.5, 0.6) is 0 Å². The Bertz CT molecular complexity index is 1660. The SMILES string of the molecule is CC[C@@H]1OC(=O)[C@H](C)[C@H](O[C@H]2C[C@@](C)(OC)[C@@H](O[Si](C)(C)C)[C@H](C)O2)[C@H](C)[C@@H](O[C@@H]2O[C@H](C)C[C@H](N(C)C)[C@H]2O[Si](C)(C)C)[C@@](C)(OC)C[C@@H](C)/C(=N/OC2(OC)CCCCC2)[C@@H](C)[C@@H](O)[C@]1(C)O. The maximum absolute atomic E-state index is 14.9. The number of hydrogen-bond acceptors (Lipinski definition) is 16. The number of aliphatic hydroxyl groups is 2. The Hall–Kier alpha value is -1.11. The van der Waals surface area contributed by atoms with Crippen LogP contribution in [0.15, 0.2) is 5.16 Å². The van der Waals surface area contributed by atoms with Crippen LogP contribution in [-0.4, -0.2) is 169 Å². The van der Waals surface area contributed by atoms with Gasteiger partial charge in [0.1, 0.15) is 17.8 Å². The zero-order chi connectivity index (χ0) is 52.2. The second-order valence-corrected chi connectivity index (χ2v) is 32.8. The molecule has 0 unspecified atom stereocenters. The number of cyclic esters (lactones) is 1. The number of rotatable bonds is 15. The van der Waals surface area contributed by atoms with Gasteiger partial charge in [-0.05, 0) is 127 Å². The Balaban J connectivity index is 1.98. The van der Waals surface area contributed by atoms with Crippen molar-refractivity contribution in [2.75, 3.05) is 35.4 Å². The summed E-state index contributed by atoms with van der Waals surface area (Å²) in [5, 5.41) is 29.6. The van der Waals surface area contributed by atoms with Gasteiger partial charge in [0.15, 0.2) is 29.2 Å². The Morgan fingerprint density at radius 3 is 1.87 bits per heavy atom. The molecule has 0 aromatic rings. The van der Waals surface area contributed by atoms with E-state index in [0.29, 0.717) is 31.4 Å². The molecule has 1 aliphatic carbocycles. The molecule has 0 spiro atoms. The Morgan fingerprint density at radius 2 is 1.35 bits per heavy atom. The van der Waals surface area contributed by atoms with Crippen LogP contribution in [0.25, 0.3) is 0 Å². The normalized spacial score (nSPS) is 43.0. The van der Waals surface area contributed by atoms with Crippen molar-refractivity contribution in [3.8, 4) is 0 Å². The molecule has 18 heteroatoms. The smallest absolute Gasteiger partial charge is 0.311 e. The van der Waals surface area contributed by atoms with Crippen molar-refractivity contribution in [3.63, 3.8) is 0 Å². The van der Waals surface area contributed by atoms with E-state index in [2.05, 4.69) is 65.2 Å². The van der Waals surface area contributed by atoms with E-state index < -0.39 is 118 Å². The molecule has 4 rings (SSSR count). The molecule has 0 aromatic carbocycles. The predicted molar refractivity (Wildman–Crippen MR) is 272 cm³/mol. The van der Waals surface area contributed by atoms with Crippen LogP contribution in [0.1, 0.15) is 127 Å². The molecule has 3 saturated heterocycles. The summed E-state index contributed by atoms with van der Waals surface area (Å²) in [6, 6.07) is -0.0342. The second kappa shape index (κ2) is 24.1. The van der Waals surface area contributed by atoms with Gasteiger partial charge >= 0.3 is 5.97 Å². The van der Waals surface area contributed by atoms with Gasteiger partial charge in [-0.15, -0.1) is 0 Å². The van der Waals surface area contributed by atoms with E-state index in [0.717, 1.165) is 25.7 Å². The molecular formula is C51H98N2O14Si2. The summed E-state index contributed by atoms with van der Waals surface area (Å²) in [5.74, 6) is -4.34. The number of carbonyl (C=O) groups is 1. The van der Waals surface area contributed by atoms with Gasteiger partial charge in [0.2, 0.25) is 5.79 Å². The molecule has 0 radical (unpaired) electrons. The number of likely N-dealkylation sites (N-methyl/N-ethyl adjacent to an activating group) is 1. The van der Waals surface area contributed by atoms with Crippen LogP contribution in [-0.2, 0) is 56.4 Å². The molecule has 0 aromatic heterocycles. The van der Waals surface area contributed by atoms with E-state index in [1.54, 1.807) is 28.3 Å². The minimum atomic E-state index is -2.20. The van der Waals surface area contributed by atoms with E-state index >= 15 is 0 Å². The van der Waals surface area contributed by atoms with Crippen molar-refractivity contribution < 1.29 is 66.6 Å². The first-order chi connectivity index (χ1) is 31.8. The van der Waals surface area contributed by atoms with Crippen molar-refractivity contribution in [3.05, 3.63) is 0 Å². The van der Waals surface area contributed by atoms with Gasteiger partial charge in [-0.25, -0.2) is 0 Å². The van der Waals surface area contributed by atoms with Gasteiger partial charge in [-0.1, -0.05) is 39.3 Å². The van der Waals surface area contributed by atoms with E-state index in [-0.39, 0.29) is 24.7 Å². The van der Waals surface area contributed by atoms with E-state index in [9.17, 15) is 15.0 Å². The van der Waals surface area contributed by atoms with Crippen molar-refractivity contribution in [1.82, 2.24) is 4.90 Å². The molecule has 3 aliphatic heterocycles. The molecule has 4 aliphatic rings. The van der Waals surface area contributed by atoms with Gasteiger partial charge in [0, 0.05) is 64.4 Å². The lowest BCUT2D eigenvalue weighted by Gasteiger charge is -2.51.